The lowest BCUT2D eigenvalue weighted by atomic mass is 9.96. The Morgan fingerprint density at radius 2 is 2.18 bits per heavy atom. The first-order chi connectivity index (χ1) is 8.00. The number of hydrogen-bond acceptors (Lipinski definition) is 3. The lowest BCUT2D eigenvalue weighted by Crippen LogP contribution is -2.23. The van der Waals surface area contributed by atoms with Crippen LogP contribution >= 0.6 is 0 Å². The molecule has 1 N–H and O–H groups in total. The lowest BCUT2D eigenvalue weighted by Gasteiger charge is -2.24. The van der Waals surface area contributed by atoms with Crippen LogP contribution in [0.4, 0.5) is 0 Å². The molecule has 96 valence electrons. The summed E-state index contributed by atoms with van der Waals surface area (Å²) < 4.78 is 5.35. The molecule has 1 aromatic heterocycles. The van der Waals surface area contributed by atoms with E-state index in [1.807, 2.05) is 26.0 Å². The third-order valence-corrected chi connectivity index (χ3v) is 3.20. The third-order valence-electron chi connectivity index (χ3n) is 3.20. The highest BCUT2D eigenvalue weighted by molar-refractivity contribution is 5.21. The number of ether oxygens (including phenoxy) is 1. The maximum atomic E-state index is 10.2. The minimum Gasteiger partial charge on any atom is -0.387 e. The molecule has 0 fully saturated rings. The van der Waals surface area contributed by atoms with Crippen molar-refractivity contribution in [3.8, 4) is 0 Å². The van der Waals surface area contributed by atoms with Gasteiger partial charge in [0.1, 0.15) is 0 Å². The standard InChI is InChI=1S/C14H23NO2/c1-5-11-7-6-10-15-13(11)12(16)8-9-14(2,3)17-4/h6-7,10,12,16H,5,8-9H2,1-4H3. The summed E-state index contributed by atoms with van der Waals surface area (Å²) in [5, 5.41) is 10.2. The Kier molecular flexibility index (Phi) is 5.09. The molecule has 1 rings (SSSR count). The number of pyridine rings is 1. The molecule has 3 nitrogen and oxygen atoms in total. The van der Waals surface area contributed by atoms with E-state index in [-0.39, 0.29) is 5.60 Å². The van der Waals surface area contributed by atoms with Gasteiger partial charge >= 0.3 is 0 Å². The van der Waals surface area contributed by atoms with Crippen molar-refractivity contribution in [3.63, 3.8) is 0 Å². The molecule has 0 aromatic carbocycles. The van der Waals surface area contributed by atoms with E-state index in [2.05, 4.69) is 11.9 Å². The first-order valence-corrected chi connectivity index (χ1v) is 6.17. The molecule has 0 aliphatic heterocycles. The van der Waals surface area contributed by atoms with Gasteiger partial charge in [0.25, 0.3) is 0 Å². The van der Waals surface area contributed by atoms with Crippen molar-refractivity contribution >= 4 is 0 Å². The summed E-state index contributed by atoms with van der Waals surface area (Å²) in [5.74, 6) is 0. The predicted octanol–water partition coefficient (Wildman–Crippen LogP) is 2.88. The van der Waals surface area contributed by atoms with Gasteiger partial charge in [0.15, 0.2) is 0 Å². The molecule has 0 saturated carbocycles. The van der Waals surface area contributed by atoms with Crippen LogP contribution in [-0.2, 0) is 11.2 Å². The van der Waals surface area contributed by atoms with Crippen molar-refractivity contribution in [1.29, 1.82) is 0 Å². The topological polar surface area (TPSA) is 42.4 Å². The second-order valence-electron chi connectivity index (χ2n) is 4.92. The van der Waals surface area contributed by atoms with E-state index in [1.54, 1.807) is 13.3 Å². The van der Waals surface area contributed by atoms with Crippen LogP contribution in [0.3, 0.4) is 0 Å². The molecular weight excluding hydrogens is 214 g/mol. The zero-order valence-corrected chi connectivity index (χ0v) is 11.2. The Morgan fingerprint density at radius 1 is 1.47 bits per heavy atom. The molecule has 1 aromatic rings. The molecule has 1 unspecified atom stereocenters. The van der Waals surface area contributed by atoms with Gasteiger partial charge in [-0.3, -0.25) is 4.98 Å². The van der Waals surface area contributed by atoms with Crippen LogP contribution in [0.5, 0.6) is 0 Å². The Morgan fingerprint density at radius 3 is 2.76 bits per heavy atom. The molecule has 0 radical (unpaired) electrons. The number of aryl methyl sites for hydroxylation is 1. The van der Waals surface area contributed by atoms with Crippen molar-refractivity contribution < 1.29 is 9.84 Å². The summed E-state index contributed by atoms with van der Waals surface area (Å²) in [7, 11) is 1.70. The van der Waals surface area contributed by atoms with E-state index in [0.717, 1.165) is 24.1 Å². The second kappa shape index (κ2) is 6.12. The number of hydrogen-bond donors (Lipinski definition) is 1. The second-order valence-corrected chi connectivity index (χ2v) is 4.92. The van der Waals surface area contributed by atoms with Crippen LogP contribution in [0.1, 0.15) is 51.0 Å². The Bertz CT molecular complexity index is 350. The smallest absolute Gasteiger partial charge is 0.0963 e. The molecule has 0 amide bonds. The van der Waals surface area contributed by atoms with Crippen LogP contribution in [0.25, 0.3) is 0 Å². The fourth-order valence-electron chi connectivity index (χ4n) is 1.77. The zero-order chi connectivity index (χ0) is 12.9. The van der Waals surface area contributed by atoms with Crippen LogP contribution in [0.15, 0.2) is 18.3 Å². The van der Waals surface area contributed by atoms with E-state index >= 15 is 0 Å². The van der Waals surface area contributed by atoms with Gasteiger partial charge in [0.2, 0.25) is 0 Å². The first-order valence-electron chi connectivity index (χ1n) is 6.17. The van der Waals surface area contributed by atoms with Gasteiger partial charge in [0, 0.05) is 13.3 Å². The number of rotatable bonds is 6. The van der Waals surface area contributed by atoms with E-state index in [9.17, 15) is 5.11 Å². The maximum Gasteiger partial charge on any atom is 0.0963 e. The van der Waals surface area contributed by atoms with Crippen LogP contribution in [0, 0.1) is 0 Å². The monoisotopic (exact) mass is 237 g/mol. The lowest BCUT2D eigenvalue weighted by molar-refractivity contribution is 0.00233. The van der Waals surface area contributed by atoms with E-state index in [0.29, 0.717) is 6.42 Å². The van der Waals surface area contributed by atoms with Gasteiger partial charge in [-0.05, 0) is 44.7 Å². The van der Waals surface area contributed by atoms with Gasteiger partial charge in [-0.2, -0.15) is 0 Å². The summed E-state index contributed by atoms with van der Waals surface area (Å²) in [6, 6.07) is 3.93. The first kappa shape index (κ1) is 14.1. The van der Waals surface area contributed by atoms with Crippen molar-refractivity contribution in [2.45, 2.75) is 51.7 Å². The Balaban J connectivity index is 2.67. The quantitative estimate of drug-likeness (QED) is 0.827. The average molecular weight is 237 g/mol. The highest BCUT2D eigenvalue weighted by Crippen LogP contribution is 2.25. The van der Waals surface area contributed by atoms with Gasteiger partial charge in [-0.1, -0.05) is 13.0 Å². The molecule has 0 aliphatic carbocycles. The summed E-state index contributed by atoms with van der Waals surface area (Å²) in [6.45, 7) is 6.13. The molecule has 0 spiro atoms. The number of aliphatic hydroxyl groups is 1. The highest BCUT2D eigenvalue weighted by Gasteiger charge is 2.20. The van der Waals surface area contributed by atoms with E-state index in [4.69, 9.17) is 4.74 Å². The third kappa shape index (κ3) is 4.10. The van der Waals surface area contributed by atoms with Crippen LogP contribution < -0.4 is 0 Å². The maximum absolute atomic E-state index is 10.2. The van der Waals surface area contributed by atoms with Gasteiger partial charge in [-0.25, -0.2) is 0 Å². The fourth-order valence-corrected chi connectivity index (χ4v) is 1.77. The zero-order valence-electron chi connectivity index (χ0n) is 11.2. The molecule has 3 heteroatoms. The van der Waals surface area contributed by atoms with Crippen molar-refractivity contribution in [3.05, 3.63) is 29.6 Å². The highest BCUT2D eigenvalue weighted by atomic mass is 16.5. The summed E-state index contributed by atoms with van der Waals surface area (Å²) >= 11 is 0. The van der Waals surface area contributed by atoms with E-state index in [1.165, 1.54) is 0 Å². The Labute approximate surface area is 104 Å². The van der Waals surface area contributed by atoms with Crippen molar-refractivity contribution in [2.75, 3.05) is 7.11 Å². The van der Waals surface area contributed by atoms with Crippen LogP contribution in [-0.4, -0.2) is 22.8 Å². The molecule has 0 aliphatic rings. The summed E-state index contributed by atoms with van der Waals surface area (Å²) in [4.78, 5) is 4.29. The molecular formula is C14H23NO2. The average Bonchev–Trinajstić information content (AvgIpc) is 2.36. The molecule has 0 bridgehead atoms. The number of methoxy groups -OCH3 is 1. The van der Waals surface area contributed by atoms with Crippen molar-refractivity contribution in [1.82, 2.24) is 4.98 Å². The number of nitrogens with zero attached hydrogens (tertiary/aromatic N) is 1. The molecule has 1 heterocycles. The SMILES string of the molecule is CCc1cccnc1C(O)CCC(C)(C)OC. The number of aliphatic hydroxyl groups excluding tert-OH is 1. The summed E-state index contributed by atoms with van der Waals surface area (Å²) in [6.07, 6.45) is 3.61. The van der Waals surface area contributed by atoms with Gasteiger partial charge in [0.05, 0.1) is 17.4 Å². The van der Waals surface area contributed by atoms with Gasteiger partial charge < -0.3 is 9.84 Å². The minimum atomic E-state index is -0.499. The minimum absolute atomic E-state index is 0.192. The molecule has 17 heavy (non-hydrogen) atoms. The normalized spacial score (nSPS) is 13.7. The molecule has 0 saturated heterocycles. The van der Waals surface area contributed by atoms with Crippen molar-refractivity contribution in [2.24, 2.45) is 0 Å². The summed E-state index contributed by atoms with van der Waals surface area (Å²) in [5.41, 5.74) is 1.74. The Hall–Kier alpha value is -0.930. The van der Waals surface area contributed by atoms with Crippen LogP contribution in [0.2, 0.25) is 0 Å². The predicted molar refractivity (Wildman–Crippen MR) is 68.9 cm³/mol. The fraction of sp³-hybridized carbons (Fsp3) is 0.643. The van der Waals surface area contributed by atoms with E-state index < -0.39 is 6.10 Å². The molecule has 1 atom stereocenters. The largest absolute Gasteiger partial charge is 0.387 e. The van der Waals surface area contributed by atoms with Gasteiger partial charge in [-0.15, -0.1) is 0 Å². The number of aromatic nitrogens is 1.